The van der Waals surface area contributed by atoms with E-state index in [-0.39, 0.29) is 58.5 Å². The average molecular weight is 566 g/mol. The number of anilines is 3. The molecule has 2 heterocycles. The highest BCUT2D eigenvalue weighted by Gasteiger charge is 2.20. The van der Waals surface area contributed by atoms with Gasteiger partial charge in [-0.05, 0) is 84.0 Å². The van der Waals surface area contributed by atoms with Crippen LogP contribution in [0, 0.1) is 0 Å². The molecule has 0 aliphatic rings. The molecule has 0 aliphatic carbocycles. The minimum atomic E-state index is -0.563. The molecule has 1 aromatic carbocycles. The van der Waals surface area contributed by atoms with Crippen LogP contribution in [0.25, 0.3) is 0 Å². The van der Waals surface area contributed by atoms with Gasteiger partial charge < -0.3 is 35.3 Å². The number of nitrogens with zero attached hydrogens (tertiary/aromatic N) is 2. The minimum absolute atomic E-state index is 0.0180. The molecule has 2 aromatic heterocycles. The molecule has 41 heavy (non-hydrogen) atoms. The summed E-state index contributed by atoms with van der Waals surface area (Å²) < 4.78 is 22.0. The van der Waals surface area contributed by atoms with E-state index in [1.165, 1.54) is 43.5 Å². The van der Waals surface area contributed by atoms with Crippen molar-refractivity contribution in [3.63, 3.8) is 0 Å². The normalized spacial score (nSPS) is 10.9. The number of hydrogen-bond donors (Lipinski definition) is 3. The van der Waals surface area contributed by atoms with Gasteiger partial charge in [0.15, 0.2) is 0 Å². The number of ether oxygens (including phenoxy) is 4. The van der Waals surface area contributed by atoms with Crippen LogP contribution in [-0.4, -0.2) is 53.2 Å². The van der Waals surface area contributed by atoms with E-state index in [9.17, 15) is 14.4 Å². The molecule has 0 spiro atoms. The number of carbonyl (C=O) groups is 3. The molecule has 4 N–H and O–H groups in total. The number of rotatable bonds is 11. The number of aromatic nitrogens is 2. The zero-order chi connectivity index (χ0) is 30.3. The Labute approximate surface area is 238 Å². The van der Waals surface area contributed by atoms with Crippen molar-refractivity contribution < 1.29 is 33.3 Å². The van der Waals surface area contributed by atoms with E-state index >= 15 is 0 Å². The molecule has 12 nitrogen and oxygen atoms in total. The summed E-state index contributed by atoms with van der Waals surface area (Å²) >= 11 is 0. The molecule has 0 atom stereocenters. The molecule has 12 heteroatoms. The van der Waals surface area contributed by atoms with Crippen molar-refractivity contribution in [3.8, 4) is 17.5 Å². The van der Waals surface area contributed by atoms with Crippen LogP contribution in [0.15, 0.2) is 42.5 Å². The number of nitrogen functional groups attached to an aromatic ring is 1. The van der Waals surface area contributed by atoms with Gasteiger partial charge in [-0.3, -0.25) is 9.59 Å². The van der Waals surface area contributed by atoms with Crippen LogP contribution in [0.2, 0.25) is 0 Å². The predicted octanol–water partition coefficient (Wildman–Crippen LogP) is 4.71. The lowest BCUT2D eigenvalue weighted by Gasteiger charge is -2.17. The highest BCUT2D eigenvalue weighted by Crippen LogP contribution is 2.29. The number of esters is 1. The maximum absolute atomic E-state index is 13.2. The third kappa shape index (κ3) is 8.31. The zero-order valence-corrected chi connectivity index (χ0v) is 24.1. The largest absolute Gasteiger partial charge is 0.489 e. The van der Waals surface area contributed by atoms with Gasteiger partial charge >= 0.3 is 5.97 Å². The van der Waals surface area contributed by atoms with E-state index in [2.05, 4.69) is 20.6 Å². The Hall–Kier alpha value is -4.87. The molecule has 0 bridgehead atoms. The molecule has 0 radical (unpaired) electrons. The van der Waals surface area contributed by atoms with Crippen molar-refractivity contribution >= 4 is 34.8 Å². The van der Waals surface area contributed by atoms with Crippen LogP contribution in [0.5, 0.6) is 17.5 Å². The van der Waals surface area contributed by atoms with Gasteiger partial charge in [0.2, 0.25) is 11.8 Å². The number of methoxy groups -OCH3 is 1. The molecule has 0 saturated carbocycles. The van der Waals surface area contributed by atoms with Gasteiger partial charge in [0.25, 0.3) is 11.8 Å². The summed E-state index contributed by atoms with van der Waals surface area (Å²) in [5.41, 5.74) is 7.14. The molecular formula is C29H35N5O7. The lowest BCUT2D eigenvalue weighted by atomic mass is 10.1. The van der Waals surface area contributed by atoms with Gasteiger partial charge in [0.1, 0.15) is 22.8 Å². The van der Waals surface area contributed by atoms with Gasteiger partial charge in [0, 0.05) is 0 Å². The fourth-order valence-corrected chi connectivity index (χ4v) is 3.47. The second kappa shape index (κ2) is 13.5. The summed E-state index contributed by atoms with van der Waals surface area (Å²) in [5, 5.41) is 5.47. The summed E-state index contributed by atoms with van der Waals surface area (Å²) in [6, 6.07) is 10.5. The Morgan fingerprint density at radius 2 is 1.22 bits per heavy atom. The summed E-state index contributed by atoms with van der Waals surface area (Å²) in [4.78, 5) is 46.7. The van der Waals surface area contributed by atoms with E-state index in [0.29, 0.717) is 11.4 Å². The summed E-state index contributed by atoms with van der Waals surface area (Å²) in [5.74, 6) is -1.18. The lowest BCUT2D eigenvalue weighted by molar-refractivity contribution is 0.0599. The molecule has 0 unspecified atom stereocenters. The fourth-order valence-electron chi connectivity index (χ4n) is 3.47. The quantitative estimate of drug-likeness (QED) is 0.277. The van der Waals surface area contributed by atoms with Crippen molar-refractivity contribution in [2.75, 3.05) is 23.5 Å². The number of hydrogen-bond acceptors (Lipinski definition) is 10. The van der Waals surface area contributed by atoms with Gasteiger partial charge in [-0.25, -0.2) is 14.8 Å². The number of carbonyl (C=O) groups excluding carboxylic acids is 3. The molecule has 218 valence electrons. The maximum atomic E-state index is 13.2. The van der Waals surface area contributed by atoms with Crippen molar-refractivity contribution in [2.24, 2.45) is 0 Å². The first-order valence-corrected chi connectivity index (χ1v) is 13.0. The van der Waals surface area contributed by atoms with E-state index < -0.39 is 17.8 Å². The van der Waals surface area contributed by atoms with Gasteiger partial charge in [-0.2, -0.15) is 0 Å². The van der Waals surface area contributed by atoms with Crippen LogP contribution in [0.3, 0.4) is 0 Å². The summed E-state index contributed by atoms with van der Waals surface area (Å²) in [7, 11) is 1.28. The molecule has 2 amide bonds. The Morgan fingerprint density at radius 1 is 0.707 bits per heavy atom. The Balaban J connectivity index is 1.87. The molecule has 3 aromatic rings. The van der Waals surface area contributed by atoms with Crippen molar-refractivity contribution in [1.29, 1.82) is 0 Å². The fraction of sp³-hybridized carbons (Fsp3) is 0.345. The number of amides is 2. The van der Waals surface area contributed by atoms with Crippen molar-refractivity contribution in [3.05, 3.63) is 59.4 Å². The van der Waals surface area contributed by atoms with Gasteiger partial charge in [0.05, 0.1) is 42.4 Å². The number of benzene rings is 1. The zero-order valence-electron chi connectivity index (χ0n) is 24.1. The molecule has 0 fully saturated rings. The van der Waals surface area contributed by atoms with Crippen LogP contribution in [0.4, 0.5) is 17.1 Å². The highest BCUT2D eigenvalue weighted by atomic mass is 16.5. The van der Waals surface area contributed by atoms with Crippen LogP contribution >= 0.6 is 0 Å². The van der Waals surface area contributed by atoms with Crippen LogP contribution < -0.4 is 30.6 Å². The van der Waals surface area contributed by atoms with E-state index in [1.54, 1.807) is 19.9 Å². The van der Waals surface area contributed by atoms with Crippen molar-refractivity contribution in [1.82, 2.24) is 9.97 Å². The molecule has 3 rings (SSSR count). The first kappa shape index (κ1) is 30.7. The van der Waals surface area contributed by atoms with Gasteiger partial charge in [-0.1, -0.05) is 0 Å². The SMILES string of the molecule is COC(=O)c1ccc(NC(=O)c2ccc(NC(=O)c3ccc(N)c(OC(C)C)n3)c(OC(C)C)n2)c(OC(C)C)c1. The maximum Gasteiger partial charge on any atom is 0.337 e. The molecule has 0 aliphatic heterocycles. The third-order valence-electron chi connectivity index (χ3n) is 5.17. The Bertz CT molecular complexity index is 1420. The van der Waals surface area contributed by atoms with E-state index in [4.69, 9.17) is 24.7 Å². The number of pyridine rings is 2. The first-order chi connectivity index (χ1) is 19.4. The lowest BCUT2D eigenvalue weighted by Crippen LogP contribution is -2.20. The van der Waals surface area contributed by atoms with E-state index in [1.807, 2.05) is 27.7 Å². The smallest absolute Gasteiger partial charge is 0.337 e. The van der Waals surface area contributed by atoms with Gasteiger partial charge in [-0.15, -0.1) is 0 Å². The highest BCUT2D eigenvalue weighted by molar-refractivity contribution is 6.06. The number of nitrogens with one attached hydrogen (secondary N) is 2. The summed E-state index contributed by atoms with van der Waals surface area (Å²) in [6.07, 6.45) is -0.723. The molecule has 0 saturated heterocycles. The Morgan fingerprint density at radius 3 is 1.80 bits per heavy atom. The third-order valence-corrected chi connectivity index (χ3v) is 5.17. The van der Waals surface area contributed by atoms with Crippen LogP contribution in [0.1, 0.15) is 72.9 Å². The monoisotopic (exact) mass is 565 g/mol. The minimum Gasteiger partial charge on any atom is -0.489 e. The second-order valence-corrected chi connectivity index (χ2v) is 9.75. The molecular weight excluding hydrogens is 530 g/mol. The average Bonchev–Trinajstić information content (AvgIpc) is 2.90. The van der Waals surface area contributed by atoms with E-state index in [0.717, 1.165) is 0 Å². The standard InChI is InChI=1S/C29H35N5O7/c1-15(2)39-24-14-18(29(37)38-7)8-10-20(24)31-25(35)22-12-13-23(28(34-22)41-17(5)6)32-26(36)21-11-9-19(30)27(33-21)40-16(3)4/h8-17H,30H2,1-7H3,(H,31,35)(H,32,36). The topological polar surface area (TPSA) is 164 Å². The first-order valence-electron chi connectivity index (χ1n) is 13.0. The van der Waals surface area contributed by atoms with Crippen LogP contribution in [-0.2, 0) is 4.74 Å². The summed E-state index contributed by atoms with van der Waals surface area (Å²) in [6.45, 7) is 10.9. The number of nitrogens with two attached hydrogens (primary N) is 1. The predicted molar refractivity (Wildman–Crippen MR) is 154 cm³/mol. The van der Waals surface area contributed by atoms with Crippen molar-refractivity contribution in [2.45, 2.75) is 59.9 Å². The second-order valence-electron chi connectivity index (χ2n) is 9.75. The Kier molecular flexibility index (Phi) is 10.1.